The predicted octanol–water partition coefficient (Wildman–Crippen LogP) is 1.46. The van der Waals surface area contributed by atoms with E-state index in [1.54, 1.807) is 6.08 Å². The van der Waals surface area contributed by atoms with Crippen molar-refractivity contribution in [2.75, 3.05) is 6.61 Å². The molecule has 2 unspecified atom stereocenters. The Bertz CT molecular complexity index is 578. The fourth-order valence-corrected chi connectivity index (χ4v) is 3.14. The topological polar surface area (TPSA) is 67.4 Å². The van der Waals surface area contributed by atoms with Crippen LogP contribution in [0.3, 0.4) is 0 Å². The van der Waals surface area contributed by atoms with Gasteiger partial charge in [-0.25, -0.2) is 0 Å². The molecule has 110 valence electrons. The van der Waals surface area contributed by atoms with Gasteiger partial charge < -0.3 is 15.4 Å². The molecule has 1 spiro atoms. The van der Waals surface area contributed by atoms with Gasteiger partial charge in [0.1, 0.15) is 18.0 Å². The summed E-state index contributed by atoms with van der Waals surface area (Å²) in [5.41, 5.74) is 0.416. The summed E-state index contributed by atoms with van der Waals surface area (Å²) < 4.78 is 5.46. The van der Waals surface area contributed by atoms with Gasteiger partial charge in [0.15, 0.2) is 0 Å². The lowest BCUT2D eigenvalue weighted by atomic mass is 9.86. The first kappa shape index (κ1) is 13.7. The molecule has 5 nitrogen and oxygen atoms in total. The molecule has 1 aromatic rings. The molecule has 2 saturated heterocycles. The summed E-state index contributed by atoms with van der Waals surface area (Å²) in [5, 5.41) is 5.88. The summed E-state index contributed by atoms with van der Waals surface area (Å²) in [6.45, 7) is 4.07. The van der Waals surface area contributed by atoms with Gasteiger partial charge in [-0.05, 0) is 24.1 Å². The molecule has 0 radical (unpaired) electrons. The highest BCUT2D eigenvalue weighted by Crippen LogP contribution is 2.40. The van der Waals surface area contributed by atoms with Crippen LogP contribution >= 0.6 is 0 Å². The molecular weight excluding hydrogens is 268 g/mol. The van der Waals surface area contributed by atoms with E-state index in [1.165, 1.54) is 0 Å². The Kier molecular flexibility index (Phi) is 3.41. The van der Waals surface area contributed by atoms with Gasteiger partial charge in [-0.3, -0.25) is 9.59 Å². The molecule has 1 aromatic carbocycles. The van der Waals surface area contributed by atoms with Crippen LogP contribution in [0, 0.1) is 0 Å². The van der Waals surface area contributed by atoms with Crippen molar-refractivity contribution in [1.29, 1.82) is 0 Å². The predicted molar refractivity (Wildman–Crippen MR) is 77.7 cm³/mol. The minimum absolute atomic E-state index is 0.00636. The maximum Gasteiger partial charge on any atom is 0.222 e. The molecule has 2 aliphatic rings. The number of nitrogens with one attached hydrogen (secondary N) is 2. The van der Waals surface area contributed by atoms with E-state index in [-0.39, 0.29) is 17.7 Å². The Morgan fingerprint density at radius 2 is 1.95 bits per heavy atom. The van der Waals surface area contributed by atoms with Gasteiger partial charge in [0.25, 0.3) is 0 Å². The zero-order valence-electron chi connectivity index (χ0n) is 11.7. The molecule has 2 amide bonds. The Morgan fingerprint density at radius 3 is 2.57 bits per heavy atom. The lowest BCUT2D eigenvalue weighted by Crippen LogP contribution is -2.53. The molecule has 2 heterocycles. The number of ether oxygens (including phenoxy) is 1. The van der Waals surface area contributed by atoms with Crippen molar-refractivity contribution in [3.8, 4) is 5.75 Å². The van der Waals surface area contributed by atoms with Crippen LogP contribution < -0.4 is 15.4 Å². The molecule has 21 heavy (non-hydrogen) atoms. The Balaban J connectivity index is 1.83. The fraction of sp³-hybridized carbons (Fsp3) is 0.375. The Morgan fingerprint density at radius 1 is 1.24 bits per heavy atom. The zero-order chi connectivity index (χ0) is 14.9. The van der Waals surface area contributed by atoms with E-state index in [0.717, 1.165) is 11.3 Å². The van der Waals surface area contributed by atoms with Crippen molar-refractivity contribution >= 4 is 11.8 Å². The quantitative estimate of drug-likeness (QED) is 0.823. The van der Waals surface area contributed by atoms with Crippen LogP contribution in [-0.2, 0) is 9.59 Å². The summed E-state index contributed by atoms with van der Waals surface area (Å²) in [6, 6.07) is 7.67. The molecular formula is C16H18N2O3. The van der Waals surface area contributed by atoms with Gasteiger partial charge in [0.05, 0.1) is 0 Å². The lowest BCUT2D eigenvalue weighted by molar-refractivity contribution is -0.120. The molecule has 3 rings (SSSR count). The highest BCUT2D eigenvalue weighted by molar-refractivity contribution is 5.86. The van der Waals surface area contributed by atoms with Gasteiger partial charge in [0.2, 0.25) is 11.8 Å². The highest BCUT2D eigenvalue weighted by Gasteiger charge is 2.51. The molecule has 2 aliphatic heterocycles. The van der Waals surface area contributed by atoms with Crippen LogP contribution in [0.1, 0.15) is 30.7 Å². The van der Waals surface area contributed by atoms with Crippen LogP contribution in [0.2, 0.25) is 0 Å². The molecule has 5 heteroatoms. The average Bonchev–Trinajstić information content (AvgIpc) is 3.00. The molecule has 2 N–H and O–H groups in total. The molecule has 0 aromatic heterocycles. The molecule has 0 bridgehead atoms. The average molecular weight is 286 g/mol. The summed E-state index contributed by atoms with van der Waals surface area (Å²) >= 11 is 0. The number of benzene rings is 1. The van der Waals surface area contributed by atoms with Crippen LogP contribution in [0.4, 0.5) is 0 Å². The minimum Gasteiger partial charge on any atom is -0.490 e. The van der Waals surface area contributed by atoms with Crippen LogP contribution in [-0.4, -0.2) is 24.1 Å². The van der Waals surface area contributed by atoms with Crippen molar-refractivity contribution in [2.45, 2.75) is 30.8 Å². The van der Waals surface area contributed by atoms with Gasteiger partial charge in [0, 0.05) is 18.8 Å². The number of carbonyl (C=O) groups excluding carboxylic acids is 2. The SMILES string of the molecule is C=CCOc1ccc(C2CC(=O)NC23CCC(=O)N3)cc1. The summed E-state index contributed by atoms with van der Waals surface area (Å²) in [6.07, 6.45) is 3.18. The zero-order valence-corrected chi connectivity index (χ0v) is 11.7. The summed E-state index contributed by atoms with van der Waals surface area (Å²) in [7, 11) is 0. The van der Waals surface area contributed by atoms with Crippen molar-refractivity contribution < 1.29 is 14.3 Å². The summed E-state index contributed by atoms with van der Waals surface area (Å²) in [5.74, 6) is 0.702. The second-order valence-electron chi connectivity index (χ2n) is 5.49. The first-order chi connectivity index (χ1) is 10.1. The van der Waals surface area contributed by atoms with Crippen LogP contribution in [0.5, 0.6) is 5.75 Å². The Labute approximate surface area is 123 Å². The van der Waals surface area contributed by atoms with Crippen molar-refractivity contribution in [2.24, 2.45) is 0 Å². The standard InChI is InChI=1S/C16H18N2O3/c1-2-9-21-12-5-3-11(4-6-12)13-10-15(20)18-16(13)8-7-14(19)17-16/h2-6,13H,1,7-10H2,(H,17,19)(H,18,20). The Hall–Kier alpha value is -2.30. The third-order valence-corrected chi connectivity index (χ3v) is 4.11. The minimum atomic E-state index is -0.613. The smallest absolute Gasteiger partial charge is 0.222 e. The third kappa shape index (κ3) is 2.51. The number of hydrogen-bond acceptors (Lipinski definition) is 3. The van der Waals surface area contributed by atoms with E-state index >= 15 is 0 Å². The van der Waals surface area contributed by atoms with Crippen LogP contribution in [0.15, 0.2) is 36.9 Å². The third-order valence-electron chi connectivity index (χ3n) is 4.11. The maximum atomic E-state index is 11.8. The van der Waals surface area contributed by atoms with E-state index in [1.807, 2.05) is 24.3 Å². The molecule has 0 aliphatic carbocycles. The number of carbonyl (C=O) groups is 2. The van der Waals surface area contributed by atoms with Crippen molar-refractivity contribution in [3.63, 3.8) is 0 Å². The van der Waals surface area contributed by atoms with Crippen LogP contribution in [0.25, 0.3) is 0 Å². The van der Waals surface area contributed by atoms with E-state index in [4.69, 9.17) is 4.74 Å². The van der Waals surface area contributed by atoms with Gasteiger partial charge in [-0.1, -0.05) is 24.8 Å². The van der Waals surface area contributed by atoms with Gasteiger partial charge in [-0.15, -0.1) is 0 Å². The fourth-order valence-electron chi connectivity index (χ4n) is 3.14. The first-order valence-electron chi connectivity index (χ1n) is 7.09. The monoisotopic (exact) mass is 286 g/mol. The number of amides is 2. The lowest BCUT2D eigenvalue weighted by Gasteiger charge is -2.30. The number of hydrogen-bond donors (Lipinski definition) is 2. The van der Waals surface area contributed by atoms with Crippen molar-refractivity contribution in [1.82, 2.24) is 10.6 Å². The van der Waals surface area contributed by atoms with E-state index in [2.05, 4.69) is 17.2 Å². The highest BCUT2D eigenvalue weighted by atomic mass is 16.5. The largest absolute Gasteiger partial charge is 0.490 e. The van der Waals surface area contributed by atoms with Gasteiger partial charge >= 0.3 is 0 Å². The second kappa shape index (κ2) is 5.24. The first-order valence-corrected chi connectivity index (χ1v) is 7.09. The van der Waals surface area contributed by atoms with E-state index in [9.17, 15) is 9.59 Å². The van der Waals surface area contributed by atoms with E-state index < -0.39 is 5.66 Å². The molecule has 2 fully saturated rings. The van der Waals surface area contributed by atoms with E-state index in [0.29, 0.717) is 25.9 Å². The summed E-state index contributed by atoms with van der Waals surface area (Å²) in [4.78, 5) is 23.4. The molecule has 2 atom stereocenters. The maximum absolute atomic E-state index is 11.8. The normalized spacial score (nSPS) is 27.5. The second-order valence-corrected chi connectivity index (χ2v) is 5.49. The van der Waals surface area contributed by atoms with Gasteiger partial charge in [-0.2, -0.15) is 0 Å². The molecule has 0 saturated carbocycles. The number of rotatable bonds is 4. The van der Waals surface area contributed by atoms with Crippen molar-refractivity contribution in [3.05, 3.63) is 42.5 Å².